The molecule has 1 unspecified atom stereocenters. The van der Waals surface area contributed by atoms with Crippen molar-refractivity contribution in [2.75, 3.05) is 0 Å². The van der Waals surface area contributed by atoms with Crippen molar-refractivity contribution in [3.8, 4) is 0 Å². The molecule has 0 saturated heterocycles. The van der Waals surface area contributed by atoms with Crippen molar-refractivity contribution in [1.29, 1.82) is 0 Å². The van der Waals surface area contributed by atoms with Crippen LogP contribution in [0, 0.1) is 0 Å². The fourth-order valence-electron chi connectivity index (χ4n) is 1.52. The summed E-state index contributed by atoms with van der Waals surface area (Å²) < 4.78 is 2.10. The molecule has 0 aliphatic heterocycles. The van der Waals surface area contributed by atoms with Crippen LogP contribution in [0.25, 0.3) is 0 Å². The first-order valence-electron chi connectivity index (χ1n) is 5.69. The normalized spacial score (nSPS) is 13.5. The van der Waals surface area contributed by atoms with Crippen LogP contribution in [-0.4, -0.2) is 9.78 Å². The molecule has 0 fully saturated rings. The van der Waals surface area contributed by atoms with E-state index in [1.807, 2.05) is 6.20 Å². The molecular weight excluding hydrogens is 172 g/mol. The Balaban J connectivity index is 2.57. The summed E-state index contributed by atoms with van der Waals surface area (Å²) in [7, 11) is 0. The third-order valence-corrected chi connectivity index (χ3v) is 2.72. The van der Waals surface area contributed by atoms with Crippen molar-refractivity contribution < 1.29 is 0 Å². The SMILES string of the molecule is CCCCC(C)n1cc(C(C)C)cn1. The fraction of sp³-hybridized carbons (Fsp3) is 0.750. The third-order valence-electron chi connectivity index (χ3n) is 2.72. The lowest BCUT2D eigenvalue weighted by Crippen LogP contribution is -2.05. The molecule has 1 atom stereocenters. The number of hydrogen-bond donors (Lipinski definition) is 0. The fourth-order valence-corrected chi connectivity index (χ4v) is 1.52. The van der Waals surface area contributed by atoms with Gasteiger partial charge < -0.3 is 0 Å². The van der Waals surface area contributed by atoms with E-state index in [-0.39, 0.29) is 0 Å². The molecule has 0 saturated carbocycles. The van der Waals surface area contributed by atoms with Gasteiger partial charge in [-0.3, -0.25) is 4.68 Å². The number of nitrogens with zero attached hydrogens (tertiary/aromatic N) is 2. The van der Waals surface area contributed by atoms with E-state index in [0.717, 1.165) is 0 Å². The van der Waals surface area contributed by atoms with Crippen LogP contribution in [0.3, 0.4) is 0 Å². The summed E-state index contributed by atoms with van der Waals surface area (Å²) in [5.74, 6) is 0.585. The predicted octanol–water partition coefficient (Wildman–Crippen LogP) is 3.76. The smallest absolute Gasteiger partial charge is 0.0524 e. The number of hydrogen-bond acceptors (Lipinski definition) is 1. The van der Waals surface area contributed by atoms with Gasteiger partial charge in [0, 0.05) is 12.2 Å². The molecular formula is C12H22N2. The zero-order chi connectivity index (χ0) is 10.6. The summed E-state index contributed by atoms with van der Waals surface area (Å²) in [5, 5.41) is 4.41. The van der Waals surface area contributed by atoms with Crippen molar-refractivity contribution in [3.05, 3.63) is 18.0 Å². The second-order valence-corrected chi connectivity index (χ2v) is 4.40. The van der Waals surface area contributed by atoms with Gasteiger partial charge in [0.2, 0.25) is 0 Å². The van der Waals surface area contributed by atoms with Crippen LogP contribution in [0.15, 0.2) is 12.4 Å². The lowest BCUT2D eigenvalue weighted by atomic mass is 10.1. The average molecular weight is 194 g/mol. The van der Waals surface area contributed by atoms with Crippen molar-refractivity contribution >= 4 is 0 Å². The van der Waals surface area contributed by atoms with Crippen LogP contribution in [0.4, 0.5) is 0 Å². The van der Waals surface area contributed by atoms with Crippen molar-refractivity contribution in [2.45, 2.75) is 58.9 Å². The van der Waals surface area contributed by atoms with Gasteiger partial charge in [0.25, 0.3) is 0 Å². The maximum Gasteiger partial charge on any atom is 0.0524 e. The largest absolute Gasteiger partial charge is 0.270 e. The maximum absolute atomic E-state index is 4.41. The van der Waals surface area contributed by atoms with E-state index in [2.05, 4.69) is 43.7 Å². The van der Waals surface area contributed by atoms with Crippen LogP contribution < -0.4 is 0 Å². The summed E-state index contributed by atoms with van der Waals surface area (Å²) in [6.45, 7) is 8.89. The van der Waals surface area contributed by atoms with Crippen molar-refractivity contribution in [3.63, 3.8) is 0 Å². The van der Waals surface area contributed by atoms with E-state index in [4.69, 9.17) is 0 Å². The zero-order valence-electron chi connectivity index (χ0n) is 9.83. The minimum atomic E-state index is 0.544. The molecule has 0 aliphatic rings. The summed E-state index contributed by atoms with van der Waals surface area (Å²) >= 11 is 0. The van der Waals surface area contributed by atoms with Gasteiger partial charge >= 0.3 is 0 Å². The Morgan fingerprint density at radius 1 is 1.36 bits per heavy atom. The highest BCUT2D eigenvalue weighted by atomic mass is 15.3. The molecule has 1 heterocycles. The van der Waals surface area contributed by atoms with Crippen LogP contribution in [0.1, 0.15) is 64.5 Å². The van der Waals surface area contributed by atoms with Gasteiger partial charge in [-0.25, -0.2) is 0 Å². The third kappa shape index (κ3) is 2.86. The first kappa shape index (κ1) is 11.3. The van der Waals surface area contributed by atoms with E-state index in [0.29, 0.717) is 12.0 Å². The quantitative estimate of drug-likeness (QED) is 0.698. The Kier molecular flexibility index (Phi) is 4.18. The second kappa shape index (κ2) is 5.18. The zero-order valence-corrected chi connectivity index (χ0v) is 9.83. The van der Waals surface area contributed by atoms with E-state index >= 15 is 0 Å². The molecule has 0 radical (unpaired) electrons. The van der Waals surface area contributed by atoms with Gasteiger partial charge in [-0.15, -0.1) is 0 Å². The van der Waals surface area contributed by atoms with E-state index in [9.17, 15) is 0 Å². The highest BCUT2D eigenvalue weighted by Crippen LogP contribution is 2.18. The highest BCUT2D eigenvalue weighted by molar-refractivity contribution is 5.09. The molecule has 1 aromatic rings. The molecule has 2 nitrogen and oxygen atoms in total. The molecule has 0 aromatic carbocycles. The number of aromatic nitrogens is 2. The lowest BCUT2D eigenvalue weighted by Gasteiger charge is -2.10. The van der Waals surface area contributed by atoms with Crippen molar-refractivity contribution in [1.82, 2.24) is 9.78 Å². The lowest BCUT2D eigenvalue weighted by molar-refractivity contribution is 0.443. The minimum absolute atomic E-state index is 0.544. The topological polar surface area (TPSA) is 17.8 Å². The van der Waals surface area contributed by atoms with Crippen LogP contribution >= 0.6 is 0 Å². The van der Waals surface area contributed by atoms with Gasteiger partial charge in [-0.1, -0.05) is 33.6 Å². The van der Waals surface area contributed by atoms with Gasteiger partial charge in [0.15, 0.2) is 0 Å². The van der Waals surface area contributed by atoms with Crippen LogP contribution in [0.2, 0.25) is 0 Å². The summed E-state index contributed by atoms with van der Waals surface area (Å²) in [6.07, 6.45) is 7.97. The standard InChI is InChI=1S/C12H22N2/c1-5-6-7-11(4)14-9-12(8-13-14)10(2)3/h8-11H,5-7H2,1-4H3. The van der Waals surface area contributed by atoms with Gasteiger partial charge in [-0.05, 0) is 24.8 Å². The molecule has 1 aromatic heterocycles. The molecule has 0 bridgehead atoms. The second-order valence-electron chi connectivity index (χ2n) is 4.40. The number of rotatable bonds is 5. The molecule has 0 aliphatic carbocycles. The Labute approximate surface area is 87.3 Å². The van der Waals surface area contributed by atoms with Crippen LogP contribution in [-0.2, 0) is 0 Å². The van der Waals surface area contributed by atoms with E-state index in [1.165, 1.54) is 24.8 Å². The summed E-state index contributed by atoms with van der Waals surface area (Å²) in [6, 6.07) is 0.544. The molecule has 2 heteroatoms. The average Bonchev–Trinajstić information content (AvgIpc) is 2.62. The maximum atomic E-state index is 4.41. The molecule has 80 valence electrons. The molecule has 0 N–H and O–H groups in total. The Morgan fingerprint density at radius 2 is 2.07 bits per heavy atom. The summed E-state index contributed by atoms with van der Waals surface area (Å²) in [4.78, 5) is 0. The predicted molar refractivity (Wildman–Crippen MR) is 60.6 cm³/mol. The Hall–Kier alpha value is -0.790. The minimum Gasteiger partial charge on any atom is -0.270 e. The summed E-state index contributed by atoms with van der Waals surface area (Å²) in [5.41, 5.74) is 1.34. The molecule has 14 heavy (non-hydrogen) atoms. The van der Waals surface area contributed by atoms with Crippen molar-refractivity contribution in [2.24, 2.45) is 0 Å². The van der Waals surface area contributed by atoms with E-state index < -0.39 is 0 Å². The highest BCUT2D eigenvalue weighted by Gasteiger charge is 2.07. The molecule has 1 rings (SSSR count). The van der Waals surface area contributed by atoms with Gasteiger partial charge in [0.05, 0.1) is 6.20 Å². The van der Waals surface area contributed by atoms with Gasteiger partial charge in [0.1, 0.15) is 0 Å². The Morgan fingerprint density at radius 3 is 2.57 bits per heavy atom. The first-order chi connectivity index (χ1) is 6.65. The number of unbranched alkanes of at least 4 members (excludes halogenated alkanes) is 1. The first-order valence-corrected chi connectivity index (χ1v) is 5.69. The van der Waals surface area contributed by atoms with E-state index in [1.54, 1.807) is 0 Å². The Bertz CT molecular complexity index is 263. The van der Waals surface area contributed by atoms with Gasteiger partial charge in [-0.2, -0.15) is 5.10 Å². The monoisotopic (exact) mass is 194 g/mol. The molecule has 0 amide bonds. The van der Waals surface area contributed by atoms with Crippen LogP contribution in [0.5, 0.6) is 0 Å². The molecule has 0 spiro atoms.